The highest BCUT2D eigenvalue weighted by molar-refractivity contribution is 6.05. The molecule has 0 aliphatic heterocycles. The summed E-state index contributed by atoms with van der Waals surface area (Å²) in [6.07, 6.45) is 3.54. The van der Waals surface area contributed by atoms with Gasteiger partial charge in [-0.05, 0) is 31.2 Å². The first kappa shape index (κ1) is 12.6. The highest BCUT2D eigenvalue weighted by Crippen LogP contribution is 2.23. The van der Waals surface area contributed by atoms with E-state index in [9.17, 15) is 4.79 Å². The van der Waals surface area contributed by atoms with E-state index in [1.54, 1.807) is 35.2 Å². The van der Waals surface area contributed by atoms with Crippen molar-refractivity contribution in [2.45, 2.75) is 6.92 Å². The van der Waals surface area contributed by atoms with E-state index in [0.717, 1.165) is 16.7 Å². The minimum absolute atomic E-state index is 0.143. The van der Waals surface area contributed by atoms with E-state index in [-0.39, 0.29) is 5.91 Å². The number of aryl methyl sites for hydroxylation is 1. The van der Waals surface area contributed by atoms with Crippen molar-refractivity contribution in [1.29, 1.82) is 0 Å². The quantitative estimate of drug-likeness (QED) is 0.546. The monoisotopic (exact) mass is 291 g/mol. The third kappa shape index (κ3) is 1.70. The van der Waals surface area contributed by atoms with Gasteiger partial charge in [-0.1, -0.05) is 12.1 Å². The molecule has 0 aliphatic carbocycles. The Kier molecular flexibility index (Phi) is 2.53. The molecule has 0 bridgehead atoms. The van der Waals surface area contributed by atoms with Gasteiger partial charge in [0, 0.05) is 23.3 Å². The van der Waals surface area contributed by atoms with Gasteiger partial charge in [-0.15, -0.1) is 10.2 Å². The number of para-hydroxylation sites is 1. The van der Waals surface area contributed by atoms with E-state index in [2.05, 4.69) is 10.2 Å². The molecular formula is C16H13N5O. The molecular weight excluding hydrogens is 278 g/mol. The Bertz CT molecular complexity index is 1030. The summed E-state index contributed by atoms with van der Waals surface area (Å²) in [5, 5.41) is 8.98. The summed E-state index contributed by atoms with van der Waals surface area (Å²) in [4.78, 5) is 12.8. The molecule has 4 aromatic rings. The van der Waals surface area contributed by atoms with Gasteiger partial charge in [0.2, 0.25) is 0 Å². The predicted octanol–water partition coefficient (Wildman–Crippen LogP) is 2.26. The van der Waals surface area contributed by atoms with Crippen molar-refractivity contribution >= 4 is 28.1 Å². The molecule has 1 aromatic carbocycles. The van der Waals surface area contributed by atoms with Gasteiger partial charge in [0.15, 0.2) is 5.65 Å². The van der Waals surface area contributed by atoms with E-state index in [0.29, 0.717) is 16.9 Å². The number of nitrogen functional groups attached to an aromatic ring is 1. The van der Waals surface area contributed by atoms with E-state index in [4.69, 9.17) is 5.73 Å². The van der Waals surface area contributed by atoms with Crippen molar-refractivity contribution in [3.05, 3.63) is 60.2 Å². The standard InChI is InChI=1S/C16H13N5O/c1-10-18-19-14-9-12(6-7-20(10)14)16(22)21-8-5-11-3-2-4-13(17)15(11)21/h2-9H,17H2,1H3. The maximum absolute atomic E-state index is 12.8. The summed E-state index contributed by atoms with van der Waals surface area (Å²) in [5.74, 6) is 0.640. The van der Waals surface area contributed by atoms with Crippen LogP contribution < -0.4 is 5.73 Å². The van der Waals surface area contributed by atoms with Gasteiger partial charge in [-0.25, -0.2) is 0 Å². The minimum Gasteiger partial charge on any atom is -0.397 e. The molecule has 0 aliphatic rings. The fraction of sp³-hybridized carbons (Fsp3) is 0.0625. The van der Waals surface area contributed by atoms with Crippen LogP contribution in [0.3, 0.4) is 0 Å². The summed E-state index contributed by atoms with van der Waals surface area (Å²) in [7, 11) is 0. The fourth-order valence-corrected chi connectivity index (χ4v) is 2.67. The van der Waals surface area contributed by atoms with E-state index >= 15 is 0 Å². The van der Waals surface area contributed by atoms with E-state index < -0.39 is 0 Å². The van der Waals surface area contributed by atoms with Crippen molar-refractivity contribution in [2.24, 2.45) is 0 Å². The molecule has 0 amide bonds. The third-order valence-electron chi connectivity index (χ3n) is 3.79. The highest BCUT2D eigenvalue weighted by Gasteiger charge is 2.14. The van der Waals surface area contributed by atoms with Crippen molar-refractivity contribution in [3.63, 3.8) is 0 Å². The Hall–Kier alpha value is -3.15. The van der Waals surface area contributed by atoms with Crippen LogP contribution >= 0.6 is 0 Å². The van der Waals surface area contributed by atoms with Gasteiger partial charge in [-0.2, -0.15) is 0 Å². The number of nitrogens with zero attached hydrogens (tertiary/aromatic N) is 4. The molecule has 6 nitrogen and oxygen atoms in total. The van der Waals surface area contributed by atoms with Crippen molar-refractivity contribution in [1.82, 2.24) is 19.2 Å². The summed E-state index contributed by atoms with van der Waals surface area (Å²) < 4.78 is 3.40. The van der Waals surface area contributed by atoms with Crippen molar-refractivity contribution in [2.75, 3.05) is 5.73 Å². The second-order valence-corrected chi connectivity index (χ2v) is 5.17. The maximum Gasteiger partial charge on any atom is 0.262 e. The Morgan fingerprint density at radius 2 is 2.00 bits per heavy atom. The molecule has 108 valence electrons. The van der Waals surface area contributed by atoms with Crippen LogP contribution in [0.5, 0.6) is 0 Å². The molecule has 0 atom stereocenters. The maximum atomic E-state index is 12.8. The number of aromatic nitrogens is 4. The number of rotatable bonds is 1. The third-order valence-corrected chi connectivity index (χ3v) is 3.79. The first-order valence-electron chi connectivity index (χ1n) is 6.87. The number of carbonyl (C=O) groups is 1. The zero-order chi connectivity index (χ0) is 15.3. The number of hydrogen-bond donors (Lipinski definition) is 1. The summed E-state index contributed by atoms with van der Waals surface area (Å²) >= 11 is 0. The lowest BCUT2D eigenvalue weighted by atomic mass is 10.2. The van der Waals surface area contributed by atoms with Gasteiger partial charge in [-0.3, -0.25) is 13.8 Å². The number of hydrogen-bond acceptors (Lipinski definition) is 4. The van der Waals surface area contributed by atoms with Gasteiger partial charge >= 0.3 is 0 Å². The van der Waals surface area contributed by atoms with E-state index in [1.807, 2.05) is 29.5 Å². The highest BCUT2D eigenvalue weighted by atomic mass is 16.2. The predicted molar refractivity (Wildman–Crippen MR) is 83.8 cm³/mol. The van der Waals surface area contributed by atoms with Crippen LogP contribution in [0.15, 0.2) is 48.8 Å². The molecule has 2 N–H and O–H groups in total. The van der Waals surface area contributed by atoms with Gasteiger partial charge in [0.25, 0.3) is 5.91 Å². The average molecular weight is 291 g/mol. The molecule has 0 saturated carbocycles. The second kappa shape index (κ2) is 4.42. The second-order valence-electron chi connectivity index (χ2n) is 5.17. The Morgan fingerprint density at radius 1 is 1.14 bits per heavy atom. The van der Waals surface area contributed by atoms with Crippen LogP contribution in [0, 0.1) is 6.92 Å². The number of nitrogens with two attached hydrogens (primary N) is 1. The smallest absolute Gasteiger partial charge is 0.262 e. The average Bonchev–Trinajstić information content (AvgIpc) is 3.11. The SMILES string of the molecule is Cc1nnc2cc(C(=O)n3ccc4cccc(N)c43)ccn12. The molecule has 0 saturated heterocycles. The largest absolute Gasteiger partial charge is 0.397 e. The number of pyridine rings is 1. The Labute approximate surface area is 125 Å². The number of fused-ring (bicyclic) bond motifs is 2. The molecule has 3 heterocycles. The molecule has 0 fully saturated rings. The minimum atomic E-state index is -0.143. The molecule has 0 radical (unpaired) electrons. The lowest BCUT2D eigenvalue weighted by Crippen LogP contribution is -2.12. The van der Waals surface area contributed by atoms with Crippen molar-refractivity contribution < 1.29 is 4.79 Å². The molecule has 4 rings (SSSR count). The first-order chi connectivity index (χ1) is 10.6. The Morgan fingerprint density at radius 3 is 2.86 bits per heavy atom. The fourth-order valence-electron chi connectivity index (χ4n) is 2.67. The van der Waals surface area contributed by atoms with Crippen LogP contribution in [0.4, 0.5) is 5.69 Å². The normalized spacial score (nSPS) is 11.3. The van der Waals surface area contributed by atoms with Crippen LogP contribution in [0.1, 0.15) is 16.2 Å². The van der Waals surface area contributed by atoms with Crippen LogP contribution in [-0.4, -0.2) is 25.1 Å². The topological polar surface area (TPSA) is 78.2 Å². The van der Waals surface area contributed by atoms with E-state index in [1.165, 1.54) is 0 Å². The first-order valence-corrected chi connectivity index (χ1v) is 6.87. The van der Waals surface area contributed by atoms with Crippen molar-refractivity contribution in [3.8, 4) is 0 Å². The zero-order valence-corrected chi connectivity index (χ0v) is 11.9. The van der Waals surface area contributed by atoms with Gasteiger partial charge < -0.3 is 5.73 Å². The lowest BCUT2D eigenvalue weighted by Gasteiger charge is -2.06. The molecule has 0 spiro atoms. The summed E-state index contributed by atoms with van der Waals surface area (Å²) in [6.45, 7) is 1.86. The zero-order valence-electron chi connectivity index (χ0n) is 11.9. The Balaban J connectivity index is 1.88. The van der Waals surface area contributed by atoms with Crippen LogP contribution in [-0.2, 0) is 0 Å². The van der Waals surface area contributed by atoms with Crippen LogP contribution in [0.25, 0.3) is 16.6 Å². The molecule has 22 heavy (non-hydrogen) atoms. The van der Waals surface area contributed by atoms with Gasteiger partial charge in [0.1, 0.15) is 5.82 Å². The van der Waals surface area contributed by atoms with Crippen LogP contribution in [0.2, 0.25) is 0 Å². The molecule has 3 aromatic heterocycles. The summed E-state index contributed by atoms with van der Waals surface area (Å²) in [5.41, 5.74) is 8.51. The number of carbonyl (C=O) groups excluding carboxylic acids is 1. The molecule has 6 heteroatoms. The number of anilines is 1. The lowest BCUT2D eigenvalue weighted by molar-refractivity contribution is 0.0965. The summed E-state index contributed by atoms with van der Waals surface area (Å²) in [6, 6.07) is 11.0. The molecule has 0 unspecified atom stereocenters. The number of benzene rings is 1. The van der Waals surface area contributed by atoms with Gasteiger partial charge in [0.05, 0.1) is 11.2 Å².